The van der Waals surface area contributed by atoms with Crippen LogP contribution in [0.25, 0.3) is 61.1 Å². The molecular formula is C67H45B4N7OS. The van der Waals surface area contributed by atoms with Crippen LogP contribution in [-0.4, -0.2) is 51.2 Å². The highest BCUT2D eigenvalue weighted by Crippen LogP contribution is 2.48. The molecular weight excluding hydrogens is 994 g/mol. The molecule has 0 radical (unpaired) electrons. The first kappa shape index (κ1) is 44.8. The number of thiol groups is 1. The number of fused-ring (bicyclic) bond motifs is 17. The third-order valence-corrected chi connectivity index (χ3v) is 18.2. The molecule has 13 aromatic rings. The fourth-order valence-electron chi connectivity index (χ4n) is 14.6. The van der Waals surface area contributed by atoms with Crippen molar-refractivity contribution in [1.29, 1.82) is 0 Å². The molecule has 0 spiro atoms. The summed E-state index contributed by atoms with van der Waals surface area (Å²) in [6.07, 6.45) is 0.715. The van der Waals surface area contributed by atoms with Gasteiger partial charge in [-0.15, -0.1) is 0 Å². The molecule has 80 heavy (non-hydrogen) atoms. The van der Waals surface area contributed by atoms with Crippen LogP contribution < -0.4 is 48.3 Å². The smallest absolute Gasteiger partial charge is 0.395 e. The van der Waals surface area contributed by atoms with Gasteiger partial charge in [0.05, 0.1) is 27.9 Å². The van der Waals surface area contributed by atoms with Crippen LogP contribution in [0.5, 0.6) is 0 Å². The number of anilines is 4. The second kappa shape index (κ2) is 16.9. The summed E-state index contributed by atoms with van der Waals surface area (Å²) < 4.78 is 12.1. The minimum absolute atomic E-state index is 0.0256. The van der Waals surface area contributed by atoms with Crippen molar-refractivity contribution >= 4 is 134 Å². The maximum Gasteiger partial charge on any atom is 0.395 e. The Hall–Kier alpha value is -9.12. The number of para-hydroxylation sites is 5. The van der Waals surface area contributed by atoms with E-state index in [2.05, 4.69) is 277 Å². The van der Waals surface area contributed by atoms with E-state index >= 15 is 0 Å². The van der Waals surface area contributed by atoms with Crippen molar-refractivity contribution in [3.8, 4) is 28.2 Å². The van der Waals surface area contributed by atoms with E-state index in [9.17, 15) is 0 Å². The number of hydrazine groups is 2. The van der Waals surface area contributed by atoms with Gasteiger partial charge in [0.2, 0.25) is 5.88 Å². The second-order valence-electron chi connectivity index (χ2n) is 21.9. The normalized spacial score (nSPS) is 15.1. The minimum Gasteiger partial charge on any atom is -0.439 e. The number of hydrogen-bond acceptors (Lipinski definition) is 7. The van der Waals surface area contributed by atoms with Gasteiger partial charge in [-0.3, -0.25) is 19.2 Å². The highest BCUT2D eigenvalue weighted by atomic mass is 32.1. The van der Waals surface area contributed by atoms with E-state index < -0.39 is 0 Å². The molecule has 8 heterocycles. The van der Waals surface area contributed by atoms with Gasteiger partial charge in [0.1, 0.15) is 17.2 Å². The summed E-state index contributed by atoms with van der Waals surface area (Å²) in [5.41, 5.74) is 22.4. The van der Waals surface area contributed by atoms with Crippen molar-refractivity contribution in [3.63, 3.8) is 0 Å². The fraction of sp³-hybridized carbons (Fsp3) is 0.0299. The van der Waals surface area contributed by atoms with Gasteiger partial charge < -0.3 is 8.90 Å². The van der Waals surface area contributed by atoms with Crippen molar-refractivity contribution in [3.05, 3.63) is 260 Å². The minimum atomic E-state index is -0.194. The lowest BCUT2D eigenvalue weighted by Gasteiger charge is -2.35. The van der Waals surface area contributed by atoms with Crippen LogP contribution in [0, 0.1) is 0 Å². The molecule has 18 rings (SSSR count). The molecule has 5 aliphatic rings. The van der Waals surface area contributed by atoms with E-state index in [0.717, 1.165) is 56.3 Å². The van der Waals surface area contributed by atoms with E-state index in [4.69, 9.17) is 22.0 Å². The summed E-state index contributed by atoms with van der Waals surface area (Å²) in [5, 5.41) is 7.15. The molecule has 0 amide bonds. The van der Waals surface area contributed by atoms with Crippen LogP contribution >= 0.6 is 12.6 Å². The summed E-state index contributed by atoms with van der Waals surface area (Å²) in [7, 11) is 0. The van der Waals surface area contributed by atoms with Crippen LogP contribution in [0.15, 0.2) is 253 Å². The van der Waals surface area contributed by atoms with Crippen LogP contribution in [0.3, 0.4) is 0 Å². The first-order chi connectivity index (χ1) is 39.7. The van der Waals surface area contributed by atoms with Crippen molar-refractivity contribution in [2.75, 3.05) is 10.0 Å². The molecule has 10 aromatic carbocycles. The molecule has 13 heteroatoms. The van der Waals surface area contributed by atoms with E-state index in [1.54, 1.807) is 0 Å². The molecule has 0 fully saturated rings. The van der Waals surface area contributed by atoms with Gasteiger partial charge in [0, 0.05) is 27.3 Å². The Morgan fingerprint density at radius 1 is 0.500 bits per heavy atom. The number of imidazole rings is 1. The average molecular weight is 1040 g/mol. The van der Waals surface area contributed by atoms with E-state index in [1.807, 2.05) is 0 Å². The summed E-state index contributed by atoms with van der Waals surface area (Å²) in [4.78, 5) is 10.6. The standard InChI is InChI=1S/C67H45B4N7OS/c80-60(52-32-18-35-55-63(52)75-58-38-14-12-33-53(58)70-54-34-19-36-56-64(54)74(71(55)78(70)75)65(72-56)45-23-6-2-7-24-45)41-43-20-16-28-48(40-43)69-61-50-30-10-13-37-57(50)73(49-29-17-25-46(42-49)44-21-4-1-5-22-44)66(61)76-67-62(51-31-11-15-39-59(51)79-67)68(77(69)76)47-26-8-3-9-27-47/h1-40,42,60,80H,41H2. The number of nitrogens with zero attached hydrogens (tertiary/aromatic N) is 7. The van der Waals surface area contributed by atoms with Crippen molar-refractivity contribution in [2.24, 2.45) is 0 Å². The van der Waals surface area contributed by atoms with E-state index in [1.165, 1.54) is 77.2 Å². The molecule has 8 nitrogen and oxygen atoms in total. The quantitative estimate of drug-likeness (QED) is 0.121. The summed E-state index contributed by atoms with van der Waals surface area (Å²) in [5.74, 6) is 2.92. The summed E-state index contributed by atoms with van der Waals surface area (Å²) in [6.45, 7) is -0.439. The zero-order chi connectivity index (χ0) is 52.3. The molecule has 0 saturated carbocycles. The number of rotatable bonds is 8. The highest BCUT2D eigenvalue weighted by molar-refractivity contribution is 7.80. The first-order valence-corrected chi connectivity index (χ1v) is 28.2. The fourth-order valence-corrected chi connectivity index (χ4v) is 15.0. The maximum absolute atomic E-state index is 7.14. The average Bonchev–Trinajstić information content (AvgIpc) is 4.52. The number of furan rings is 1. The van der Waals surface area contributed by atoms with Crippen molar-refractivity contribution in [1.82, 2.24) is 23.7 Å². The Kier molecular flexibility index (Phi) is 9.49. The van der Waals surface area contributed by atoms with Gasteiger partial charge in [-0.25, -0.2) is 9.99 Å². The topological polar surface area (TPSA) is 48.9 Å². The third-order valence-electron chi connectivity index (χ3n) is 17.7. The molecule has 0 aliphatic carbocycles. The zero-order valence-electron chi connectivity index (χ0n) is 43.3. The van der Waals surface area contributed by atoms with Gasteiger partial charge >= 0.3 is 27.5 Å². The first-order valence-electron chi connectivity index (χ1n) is 27.7. The monoisotopic (exact) mass is 1040 g/mol. The summed E-state index contributed by atoms with van der Waals surface area (Å²) in [6, 6.07) is 90.8. The largest absolute Gasteiger partial charge is 0.439 e. The molecule has 1 unspecified atom stereocenters. The van der Waals surface area contributed by atoms with Crippen molar-refractivity contribution < 1.29 is 4.42 Å². The Morgan fingerprint density at radius 2 is 1.16 bits per heavy atom. The zero-order valence-corrected chi connectivity index (χ0v) is 44.1. The number of aromatic nitrogens is 3. The molecule has 3 aromatic heterocycles. The maximum atomic E-state index is 7.14. The molecule has 0 saturated heterocycles. The molecule has 5 aliphatic heterocycles. The van der Waals surface area contributed by atoms with Crippen LogP contribution in [0.4, 0.5) is 23.1 Å². The number of hydrogen-bond donors (Lipinski definition) is 1. The Morgan fingerprint density at radius 3 is 2.02 bits per heavy atom. The van der Waals surface area contributed by atoms with Crippen molar-refractivity contribution in [2.45, 2.75) is 11.7 Å². The Labute approximate surface area is 469 Å². The second-order valence-corrected chi connectivity index (χ2v) is 22.5. The lowest BCUT2D eigenvalue weighted by molar-refractivity contribution is 0.565. The molecule has 372 valence electrons. The predicted molar refractivity (Wildman–Crippen MR) is 335 cm³/mol. The highest BCUT2D eigenvalue weighted by Gasteiger charge is 2.60. The van der Waals surface area contributed by atoms with Gasteiger partial charge in [0.15, 0.2) is 0 Å². The predicted octanol–water partition coefficient (Wildman–Crippen LogP) is 9.91. The van der Waals surface area contributed by atoms with Crippen LogP contribution in [0.2, 0.25) is 0 Å². The molecule has 0 bridgehead atoms. The Bertz CT molecular complexity index is 4700. The van der Waals surface area contributed by atoms with Crippen LogP contribution in [0.1, 0.15) is 16.4 Å². The van der Waals surface area contributed by atoms with Crippen LogP contribution in [-0.2, 0) is 6.42 Å². The Balaban J connectivity index is 0.801. The van der Waals surface area contributed by atoms with E-state index in [0.29, 0.717) is 6.42 Å². The number of benzene rings is 10. The summed E-state index contributed by atoms with van der Waals surface area (Å²) >= 11 is 5.69. The lowest BCUT2D eigenvalue weighted by Crippen LogP contribution is -2.66. The van der Waals surface area contributed by atoms with Gasteiger partial charge in [-0.2, -0.15) is 12.6 Å². The third kappa shape index (κ3) is 6.11. The van der Waals surface area contributed by atoms with Gasteiger partial charge in [-0.1, -0.05) is 223 Å². The van der Waals surface area contributed by atoms with Gasteiger partial charge in [0.25, 0.3) is 0 Å². The lowest BCUT2D eigenvalue weighted by atomic mass is 9.39. The van der Waals surface area contributed by atoms with E-state index in [-0.39, 0.29) is 32.8 Å². The molecule has 0 N–H and O–H groups in total. The van der Waals surface area contributed by atoms with Gasteiger partial charge in [-0.05, 0) is 92.3 Å². The molecule has 1 atom stereocenters. The SMILES string of the molecule is SC(Cc1cccc(B2c3c(n(-c4cccc(-c5ccccc5)c4)c4ccccc34)N3c4oc5ccccc5c4B(c4ccccc4)N23)c1)c1cccc2c1N1c3ccccc3B3c4cccc5nc(-c6ccccc6)n(c45)B2N31.